The van der Waals surface area contributed by atoms with Crippen molar-refractivity contribution in [1.29, 1.82) is 0 Å². The number of rotatable bonds is 2. The predicted molar refractivity (Wildman–Crippen MR) is 64.6 cm³/mol. The average Bonchev–Trinajstić information content (AvgIpc) is 2.89. The van der Waals surface area contributed by atoms with Crippen LogP contribution in [0.1, 0.15) is 11.1 Å². The van der Waals surface area contributed by atoms with Gasteiger partial charge in [-0.25, -0.2) is 9.47 Å². The van der Waals surface area contributed by atoms with Crippen molar-refractivity contribution in [3.8, 4) is 0 Å². The predicted octanol–water partition coefficient (Wildman–Crippen LogP) is 1.77. The first-order valence-electron chi connectivity index (χ1n) is 5.47. The van der Waals surface area contributed by atoms with Crippen molar-refractivity contribution in [2.75, 3.05) is 0 Å². The van der Waals surface area contributed by atoms with E-state index in [1.54, 1.807) is 0 Å². The number of halogens is 3. The molecule has 2 N–H and O–H groups in total. The summed E-state index contributed by atoms with van der Waals surface area (Å²) in [5, 5.41) is 21.6. The number of amides is 1. The number of aromatic nitrogens is 3. The summed E-state index contributed by atoms with van der Waals surface area (Å²) in [5.74, 6) is -0.156. The molecule has 0 saturated carbocycles. The quantitative estimate of drug-likeness (QED) is 0.653. The fourth-order valence-electron chi connectivity index (χ4n) is 1.44. The minimum absolute atomic E-state index is 0.156. The molecule has 110 valence electrons. The van der Waals surface area contributed by atoms with Crippen molar-refractivity contribution in [3.05, 3.63) is 48.0 Å². The normalized spacial score (nSPS) is 12.2. The third-order valence-electron chi connectivity index (χ3n) is 2.33. The van der Waals surface area contributed by atoms with E-state index in [1.165, 1.54) is 12.7 Å². The number of hydrogen-bond acceptors (Lipinski definition) is 4. The molecule has 0 aliphatic rings. The van der Waals surface area contributed by atoms with Gasteiger partial charge in [0.1, 0.15) is 12.7 Å². The van der Waals surface area contributed by atoms with Crippen LogP contribution in [0.25, 0.3) is 0 Å². The maximum atomic E-state index is 12.5. The van der Waals surface area contributed by atoms with Gasteiger partial charge in [-0.3, -0.25) is 5.32 Å². The number of alkyl halides is 3. The lowest BCUT2D eigenvalue weighted by molar-refractivity contribution is -0.137. The number of benzene rings is 1. The van der Waals surface area contributed by atoms with Gasteiger partial charge in [-0.05, 0) is 12.1 Å². The first-order chi connectivity index (χ1) is 9.86. The first kappa shape index (κ1) is 14.5. The van der Waals surface area contributed by atoms with E-state index < -0.39 is 17.8 Å². The van der Waals surface area contributed by atoms with Crippen LogP contribution in [0.5, 0.6) is 0 Å². The summed E-state index contributed by atoms with van der Waals surface area (Å²) < 4.78 is 38.5. The van der Waals surface area contributed by atoms with E-state index in [0.717, 1.165) is 28.9 Å². The molecule has 10 heteroatoms. The average molecular weight is 299 g/mol. The second kappa shape index (κ2) is 5.61. The van der Waals surface area contributed by atoms with Crippen LogP contribution >= 0.6 is 0 Å². The highest BCUT2D eigenvalue weighted by atomic mass is 19.4. The van der Waals surface area contributed by atoms with E-state index in [9.17, 15) is 18.0 Å². The van der Waals surface area contributed by atoms with Crippen molar-refractivity contribution < 1.29 is 23.1 Å². The highest BCUT2D eigenvalue weighted by Crippen LogP contribution is 2.29. The lowest BCUT2D eigenvalue weighted by Gasteiger charge is -2.09. The van der Waals surface area contributed by atoms with E-state index in [-0.39, 0.29) is 11.4 Å². The van der Waals surface area contributed by atoms with E-state index in [1.807, 2.05) is 5.32 Å². The molecule has 0 fully saturated rings. The fourth-order valence-corrected chi connectivity index (χ4v) is 1.44. The smallest absolute Gasteiger partial charge is 0.416 e. The van der Waals surface area contributed by atoms with E-state index in [0.29, 0.717) is 0 Å². The highest BCUT2D eigenvalue weighted by molar-refractivity contribution is 6.05. The van der Waals surface area contributed by atoms with Crippen LogP contribution in [-0.2, 0) is 6.18 Å². The van der Waals surface area contributed by atoms with Gasteiger partial charge in [-0.15, -0.1) is 15.3 Å². The van der Waals surface area contributed by atoms with Gasteiger partial charge in [0.2, 0.25) is 0 Å². The summed E-state index contributed by atoms with van der Waals surface area (Å²) in [6.45, 7) is 0. The van der Waals surface area contributed by atoms with Crippen LogP contribution in [0.4, 0.5) is 18.0 Å². The molecule has 7 nitrogen and oxygen atoms in total. The largest absolute Gasteiger partial charge is 0.465 e. The van der Waals surface area contributed by atoms with E-state index >= 15 is 0 Å². The second-order valence-corrected chi connectivity index (χ2v) is 3.80. The van der Waals surface area contributed by atoms with Crippen LogP contribution in [0.15, 0.2) is 42.0 Å². The monoisotopic (exact) mass is 299 g/mol. The van der Waals surface area contributed by atoms with Gasteiger partial charge in [-0.2, -0.15) is 13.2 Å². The number of nitrogens with zero attached hydrogens (tertiary/aromatic N) is 4. The second-order valence-electron chi connectivity index (χ2n) is 3.80. The minimum Gasteiger partial charge on any atom is -0.465 e. The van der Waals surface area contributed by atoms with Crippen LogP contribution < -0.4 is 5.32 Å². The Morgan fingerprint density at radius 2 is 1.76 bits per heavy atom. The number of hydrogen-bond donors (Lipinski definition) is 2. The molecule has 2 aromatic rings. The Kier molecular flexibility index (Phi) is 3.87. The summed E-state index contributed by atoms with van der Waals surface area (Å²) in [4.78, 5) is 10.7. The van der Waals surface area contributed by atoms with Crippen LogP contribution in [0.3, 0.4) is 0 Å². The molecule has 0 unspecified atom stereocenters. The maximum Gasteiger partial charge on any atom is 0.416 e. The molecule has 0 spiro atoms. The van der Waals surface area contributed by atoms with Crippen molar-refractivity contribution in [2.45, 2.75) is 6.18 Å². The van der Waals surface area contributed by atoms with Crippen LogP contribution in [-0.4, -0.2) is 31.9 Å². The van der Waals surface area contributed by atoms with Gasteiger partial charge >= 0.3 is 12.3 Å². The van der Waals surface area contributed by atoms with Gasteiger partial charge in [0.25, 0.3) is 0 Å². The number of carbonyl (C=O) groups is 1. The zero-order valence-electron chi connectivity index (χ0n) is 10.2. The lowest BCUT2D eigenvalue weighted by Crippen LogP contribution is -2.30. The number of carboxylic acid groups (broad SMARTS) is 1. The fraction of sp³-hybridized carbons (Fsp3) is 0.0909. The molecule has 21 heavy (non-hydrogen) atoms. The molecular formula is C11H8F3N5O2. The molecule has 1 aromatic carbocycles. The minimum atomic E-state index is -4.47. The molecule has 1 heterocycles. The Morgan fingerprint density at radius 3 is 2.24 bits per heavy atom. The van der Waals surface area contributed by atoms with Gasteiger partial charge in [-0.1, -0.05) is 12.1 Å². The maximum absolute atomic E-state index is 12.5. The zero-order valence-corrected chi connectivity index (χ0v) is 10.2. The van der Waals surface area contributed by atoms with Crippen LogP contribution in [0.2, 0.25) is 0 Å². The topological polar surface area (TPSA) is 92.4 Å². The molecule has 1 amide bonds. The zero-order chi connectivity index (χ0) is 15.5. The summed E-state index contributed by atoms with van der Waals surface area (Å²) in [7, 11) is 0. The third-order valence-corrected chi connectivity index (χ3v) is 2.33. The summed E-state index contributed by atoms with van der Waals surface area (Å²) >= 11 is 0. The highest BCUT2D eigenvalue weighted by Gasteiger charge is 2.30. The van der Waals surface area contributed by atoms with Gasteiger partial charge in [0.15, 0.2) is 5.84 Å². The molecule has 0 aliphatic carbocycles. The number of nitrogens with one attached hydrogen (secondary N) is 1. The van der Waals surface area contributed by atoms with Crippen molar-refractivity contribution in [3.63, 3.8) is 0 Å². The molecule has 0 aliphatic heterocycles. The number of amidine groups is 1. The Hall–Kier alpha value is -2.91. The van der Waals surface area contributed by atoms with E-state index in [2.05, 4.69) is 15.3 Å². The van der Waals surface area contributed by atoms with Crippen LogP contribution in [0, 0.1) is 0 Å². The van der Waals surface area contributed by atoms with Crippen molar-refractivity contribution in [1.82, 2.24) is 20.2 Å². The molecular weight excluding hydrogens is 291 g/mol. The molecule has 0 atom stereocenters. The first-order valence-corrected chi connectivity index (χ1v) is 5.47. The summed E-state index contributed by atoms with van der Waals surface area (Å²) in [6.07, 6.45) is -3.47. The molecule has 0 saturated heterocycles. The third kappa shape index (κ3) is 3.78. The Labute approximate surface area is 115 Å². The summed E-state index contributed by atoms with van der Waals surface area (Å²) in [6, 6.07) is 3.89. The molecule has 1 aromatic heterocycles. The Morgan fingerprint density at radius 1 is 1.19 bits per heavy atom. The standard InChI is InChI=1S/C11H8F3N5O2/c12-11(13,14)8-3-1-7(2-4-8)9(17-10(20)21)18-19-5-15-16-6-19/h1-6H,(H,17,18)(H,20,21). The van der Waals surface area contributed by atoms with Gasteiger partial charge in [0.05, 0.1) is 5.56 Å². The molecule has 0 radical (unpaired) electrons. The van der Waals surface area contributed by atoms with Crippen molar-refractivity contribution in [2.24, 2.45) is 5.10 Å². The van der Waals surface area contributed by atoms with Crippen molar-refractivity contribution >= 4 is 11.9 Å². The Bertz CT molecular complexity index is 649. The lowest BCUT2D eigenvalue weighted by atomic mass is 10.1. The van der Waals surface area contributed by atoms with E-state index in [4.69, 9.17) is 5.11 Å². The van der Waals surface area contributed by atoms with Gasteiger partial charge < -0.3 is 5.11 Å². The summed E-state index contributed by atoms with van der Waals surface area (Å²) in [5.41, 5.74) is -0.677. The SMILES string of the molecule is O=C(O)N/C(=N\n1cnnc1)c1ccc(C(F)(F)F)cc1. The van der Waals surface area contributed by atoms with Gasteiger partial charge in [0, 0.05) is 5.56 Å². The molecule has 0 bridgehead atoms. The molecule has 2 rings (SSSR count). The Balaban J connectivity index is 2.35.